The largest absolute Gasteiger partial charge is 0.493 e. The first kappa shape index (κ1) is 20.6. The normalized spacial score (nSPS) is 22.1. The molecule has 0 aliphatic carbocycles. The molecule has 7 nitrogen and oxygen atoms in total. The molecule has 1 fully saturated rings. The molecule has 3 atom stereocenters. The Morgan fingerprint density at radius 2 is 1.83 bits per heavy atom. The van der Waals surface area contributed by atoms with Crippen LogP contribution >= 0.6 is 12.2 Å². The van der Waals surface area contributed by atoms with E-state index in [9.17, 15) is 0 Å². The molecule has 30 heavy (non-hydrogen) atoms. The molecule has 0 spiro atoms. The Hall–Kier alpha value is -2.71. The summed E-state index contributed by atoms with van der Waals surface area (Å²) in [5, 5.41) is 6.92. The molecule has 0 aromatic heterocycles. The molecule has 2 N–H and O–H groups in total. The second-order valence-electron chi connectivity index (χ2n) is 7.06. The van der Waals surface area contributed by atoms with Crippen LogP contribution in [0.4, 0.5) is 0 Å². The Morgan fingerprint density at radius 1 is 1.03 bits per heavy atom. The molecule has 160 valence electrons. The maximum absolute atomic E-state index is 6.36. The third-order valence-corrected chi connectivity index (χ3v) is 5.83. The lowest BCUT2D eigenvalue weighted by atomic mass is 9.91. The fraction of sp³-hybridized carbons (Fsp3) is 0.409. The van der Waals surface area contributed by atoms with Crippen molar-refractivity contribution in [2.75, 3.05) is 27.9 Å². The molecule has 4 rings (SSSR count). The molecule has 0 amide bonds. The van der Waals surface area contributed by atoms with E-state index < -0.39 is 0 Å². The van der Waals surface area contributed by atoms with Crippen molar-refractivity contribution in [3.8, 4) is 28.7 Å². The maximum Gasteiger partial charge on any atom is 0.203 e. The SMILES string of the molecule is CCOc1cccc2c1OC1NC(c3ccc(OC)c(OC)c3OC)NC(=S)C1C2. The molecular weight excluding hydrogens is 404 g/mol. The zero-order valence-electron chi connectivity index (χ0n) is 17.5. The van der Waals surface area contributed by atoms with Gasteiger partial charge >= 0.3 is 0 Å². The van der Waals surface area contributed by atoms with Crippen molar-refractivity contribution in [1.82, 2.24) is 10.6 Å². The van der Waals surface area contributed by atoms with Crippen LogP contribution in [0.3, 0.4) is 0 Å². The van der Waals surface area contributed by atoms with Gasteiger partial charge in [0, 0.05) is 5.56 Å². The van der Waals surface area contributed by atoms with Gasteiger partial charge in [0.05, 0.1) is 38.8 Å². The third kappa shape index (κ3) is 3.50. The predicted octanol–water partition coefficient (Wildman–Crippen LogP) is 3.21. The highest BCUT2D eigenvalue weighted by molar-refractivity contribution is 7.80. The lowest BCUT2D eigenvalue weighted by Crippen LogP contribution is -2.60. The average molecular weight is 431 g/mol. The number of nitrogens with one attached hydrogen (secondary N) is 2. The minimum atomic E-state index is -0.311. The summed E-state index contributed by atoms with van der Waals surface area (Å²) in [7, 11) is 4.78. The maximum atomic E-state index is 6.36. The lowest BCUT2D eigenvalue weighted by molar-refractivity contribution is 0.0756. The van der Waals surface area contributed by atoms with Crippen molar-refractivity contribution in [3.05, 3.63) is 41.5 Å². The van der Waals surface area contributed by atoms with Crippen molar-refractivity contribution in [1.29, 1.82) is 0 Å². The number of benzene rings is 2. The Kier molecular flexibility index (Phi) is 5.87. The number of rotatable bonds is 6. The molecule has 3 unspecified atom stereocenters. The van der Waals surface area contributed by atoms with Gasteiger partial charge in [-0.3, -0.25) is 5.32 Å². The third-order valence-electron chi connectivity index (χ3n) is 5.41. The first-order chi connectivity index (χ1) is 14.6. The van der Waals surface area contributed by atoms with E-state index in [2.05, 4.69) is 16.7 Å². The Bertz CT molecular complexity index is 951. The number of ether oxygens (including phenoxy) is 5. The summed E-state index contributed by atoms with van der Waals surface area (Å²) in [6.45, 7) is 2.54. The van der Waals surface area contributed by atoms with E-state index in [4.69, 9.17) is 35.9 Å². The molecule has 0 radical (unpaired) electrons. The Labute approximate surface area is 181 Å². The zero-order chi connectivity index (χ0) is 21.3. The minimum Gasteiger partial charge on any atom is -0.493 e. The van der Waals surface area contributed by atoms with Crippen LogP contribution in [0.25, 0.3) is 0 Å². The van der Waals surface area contributed by atoms with Gasteiger partial charge in [-0.15, -0.1) is 0 Å². The van der Waals surface area contributed by atoms with Crippen molar-refractivity contribution < 1.29 is 23.7 Å². The summed E-state index contributed by atoms with van der Waals surface area (Å²) in [6, 6.07) is 9.74. The van der Waals surface area contributed by atoms with Gasteiger partial charge in [-0.25, -0.2) is 0 Å². The highest BCUT2D eigenvalue weighted by Crippen LogP contribution is 2.44. The molecule has 8 heteroatoms. The van der Waals surface area contributed by atoms with Crippen LogP contribution in [0, 0.1) is 5.92 Å². The number of hydrogen-bond donors (Lipinski definition) is 2. The standard InChI is InChI=1S/C22H26N2O5S/c1-5-28-16-8-6-7-12-11-14-21(29-17(12)16)23-20(24-22(14)30)13-9-10-15(25-2)19(27-4)18(13)26-3/h6-10,14,20-21,23H,5,11H2,1-4H3,(H,24,30). The van der Waals surface area contributed by atoms with E-state index in [1.165, 1.54) is 0 Å². The van der Waals surface area contributed by atoms with Crippen molar-refractivity contribution in [2.24, 2.45) is 5.92 Å². The molecule has 2 aliphatic rings. The van der Waals surface area contributed by atoms with Gasteiger partial charge in [0.15, 0.2) is 29.2 Å². The smallest absolute Gasteiger partial charge is 0.203 e. The Balaban J connectivity index is 1.66. The number of para-hydroxylation sites is 1. The van der Waals surface area contributed by atoms with E-state index in [1.807, 2.05) is 31.2 Å². The summed E-state index contributed by atoms with van der Waals surface area (Å²) in [6.07, 6.45) is 0.167. The Morgan fingerprint density at radius 3 is 2.53 bits per heavy atom. The summed E-state index contributed by atoms with van der Waals surface area (Å²) >= 11 is 5.72. The van der Waals surface area contributed by atoms with Gasteiger partial charge in [-0.1, -0.05) is 24.4 Å². The first-order valence-electron chi connectivity index (χ1n) is 9.87. The molecule has 1 saturated heterocycles. The predicted molar refractivity (Wildman–Crippen MR) is 117 cm³/mol. The first-order valence-corrected chi connectivity index (χ1v) is 10.3. The molecule has 2 heterocycles. The molecule has 2 aromatic rings. The zero-order valence-corrected chi connectivity index (χ0v) is 18.3. The monoisotopic (exact) mass is 430 g/mol. The van der Waals surface area contributed by atoms with Gasteiger partial charge in [-0.05, 0) is 37.1 Å². The molecule has 2 aromatic carbocycles. The van der Waals surface area contributed by atoms with E-state index in [0.29, 0.717) is 23.9 Å². The summed E-state index contributed by atoms with van der Waals surface area (Å²) in [4.78, 5) is 0.744. The minimum absolute atomic E-state index is 0.0202. The molecule has 0 saturated carbocycles. The van der Waals surface area contributed by atoms with E-state index in [0.717, 1.165) is 34.0 Å². The van der Waals surface area contributed by atoms with Gasteiger partial charge < -0.3 is 29.0 Å². The average Bonchev–Trinajstić information content (AvgIpc) is 2.77. The fourth-order valence-corrected chi connectivity index (χ4v) is 4.36. The van der Waals surface area contributed by atoms with Crippen LogP contribution in [0.5, 0.6) is 28.7 Å². The number of hydrogen-bond acceptors (Lipinski definition) is 7. The highest BCUT2D eigenvalue weighted by Gasteiger charge is 2.41. The highest BCUT2D eigenvalue weighted by atomic mass is 32.1. The fourth-order valence-electron chi connectivity index (χ4n) is 4.03. The number of fused-ring (bicyclic) bond motifs is 2. The van der Waals surface area contributed by atoms with E-state index in [1.54, 1.807) is 21.3 Å². The van der Waals surface area contributed by atoms with Gasteiger partial charge in [-0.2, -0.15) is 0 Å². The number of methoxy groups -OCH3 is 3. The number of thiocarbonyl (C=S) groups is 1. The van der Waals surface area contributed by atoms with Crippen molar-refractivity contribution in [3.63, 3.8) is 0 Å². The van der Waals surface area contributed by atoms with Crippen LogP contribution in [-0.4, -0.2) is 39.2 Å². The van der Waals surface area contributed by atoms with Crippen molar-refractivity contribution >= 4 is 17.2 Å². The quantitative estimate of drug-likeness (QED) is 0.677. The van der Waals surface area contributed by atoms with Crippen LogP contribution in [0.15, 0.2) is 30.3 Å². The summed E-state index contributed by atoms with van der Waals surface area (Å²) in [5.74, 6) is 3.25. The summed E-state index contributed by atoms with van der Waals surface area (Å²) < 4.78 is 28.7. The molecular formula is C22H26N2O5S. The van der Waals surface area contributed by atoms with Crippen LogP contribution in [0.2, 0.25) is 0 Å². The molecule has 2 aliphatic heterocycles. The van der Waals surface area contributed by atoms with Crippen LogP contribution in [0.1, 0.15) is 24.2 Å². The molecule has 0 bridgehead atoms. The van der Waals surface area contributed by atoms with Gasteiger partial charge in [0.1, 0.15) is 6.17 Å². The van der Waals surface area contributed by atoms with Crippen molar-refractivity contribution in [2.45, 2.75) is 25.7 Å². The van der Waals surface area contributed by atoms with E-state index >= 15 is 0 Å². The lowest BCUT2D eigenvalue weighted by Gasteiger charge is -2.42. The topological polar surface area (TPSA) is 70.2 Å². The van der Waals surface area contributed by atoms with Gasteiger partial charge in [0.2, 0.25) is 5.75 Å². The van der Waals surface area contributed by atoms with Crippen LogP contribution < -0.4 is 34.3 Å². The summed E-state index contributed by atoms with van der Waals surface area (Å²) in [5.41, 5.74) is 1.94. The second kappa shape index (κ2) is 8.57. The van der Waals surface area contributed by atoms with Crippen LogP contribution in [-0.2, 0) is 6.42 Å². The van der Waals surface area contributed by atoms with Gasteiger partial charge in [0.25, 0.3) is 0 Å². The van der Waals surface area contributed by atoms with E-state index in [-0.39, 0.29) is 18.3 Å². The second-order valence-corrected chi connectivity index (χ2v) is 7.50.